The first-order valence-electron chi connectivity index (χ1n) is 9.67. The highest BCUT2D eigenvalue weighted by Gasteiger charge is 2.18. The van der Waals surface area contributed by atoms with Gasteiger partial charge in [0.25, 0.3) is 0 Å². The van der Waals surface area contributed by atoms with Gasteiger partial charge < -0.3 is 4.90 Å². The van der Waals surface area contributed by atoms with Crippen molar-refractivity contribution in [3.05, 3.63) is 115 Å². The molecule has 5 rings (SSSR count). The van der Waals surface area contributed by atoms with E-state index < -0.39 is 0 Å². The second-order valence-electron chi connectivity index (χ2n) is 7.03. The van der Waals surface area contributed by atoms with Gasteiger partial charge >= 0.3 is 0 Å². The summed E-state index contributed by atoms with van der Waals surface area (Å²) in [5.74, 6) is 2.77. The van der Waals surface area contributed by atoms with Crippen LogP contribution in [0.15, 0.2) is 109 Å². The summed E-state index contributed by atoms with van der Waals surface area (Å²) in [5, 5.41) is 4.73. The Morgan fingerprint density at radius 2 is 1.14 bits per heavy atom. The summed E-state index contributed by atoms with van der Waals surface area (Å²) in [6.45, 7) is 0. The second kappa shape index (κ2) is 7.19. The molecule has 5 aromatic carbocycles. The molecule has 0 N–H and O–H groups in total. The molecule has 0 fully saturated rings. The molecule has 136 valence electrons. The van der Waals surface area contributed by atoms with E-state index in [-0.39, 0.29) is 0 Å². The minimum atomic E-state index is 0.893. The maximum absolute atomic E-state index is 5.67. The Morgan fingerprint density at radius 1 is 0.552 bits per heavy atom. The largest absolute Gasteiger partial charge is 0.309 e. The Balaban J connectivity index is 1.92. The molecule has 29 heavy (non-hydrogen) atoms. The molecule has 5 aromatic rings. The van der Waals surface area contributed by atoms with Crippen molar-refractivity contribution >= 4 is 38.6 Å². The van der Waals surface area contributed by atoms with Gasteiger partial charge in [0.05, 0.1) is 5.69 Å². The van der Waals surface area contributed by atoms with Crippen LogP contribution >= 0.6 is 0 Å². The van der Waals surface area contributed by atoms with Crippen LogP contribution < -0.4 is 4.90 Å². The Morgan fingerprint density at radius 3 is 1.79 bits per heavy atom. The zero-order valence-electron chi connectivity index (χ0n) is 15.9. The molecule has 0 radical (unpaired) electrons. The van der Waals surface area contributed by atoms with Crippen molar-refractivity contribution in [3.63, 3.8) is 0 Å². The molecule has 1 nitrogen and oxygen atoms in total. The van der Waals surface area contributed by atoms with Gasteiger partial charge in [0, 0.05) is 27.7 Å². The van der Waals surface area contributed by atoms with Gasteiger partial charge in [-0.25, -0.2) is 0 Å². The van der Waals surface area contributed by atoms with Crippen LogP contribution in [0.1, 0.15) is 5.56 Å². The van der Waals surface area contributed by atoms with Crippen LogP contribution in [0.3, 0.4) is 0 Å². The highest BCUT2D eigenvalue weighted by Crippen LogP contribution is 2.43. The molecule has 0 bridgehead atoms. The number of hydrogen-bond acceptors (Lipinski definition) is 1. The number of nitrogens with zero attached hydrogens (tertiary/aromatic N) is 1. The molecule has 0 aliphatic heterocycles. The molecule has 0 spiro atoms. The fourth-order valence-corrected chi connectivity index (χ4v) is 3.94. The lowest BCUT2D eigenvalue weighted by molar-refractivity contribution is 1.31. The predicted molar refractivity (Wildman–Crippen MR) is 124 cm³/mol. The van der Waals surface area contributed by atoms with Crippen molar-refractivity contribution in [3.8, 4) is 12.3 Å². The summed E-state index contributed by atoms with van der Waals surface area (Å²) >= 11 is 0. The Labute approximate surface area is 170 Å². The molecule has 0 saturated heterocycles. The minimum absolute atomic E-state index is 0.893. The first kappa shape index (κ1) is 17.1. The topological polar surface area (TPSA) is 3.24 Å². The van der Waals surface area contributed by atoms with Crippen molar-refractivity contribution in [2.75, 3.05) is 4.90 Å². The monoisotopic (exact) mass is 369 g/mol. The molecule has 0 amide bonds. The number of rotatable bonds is 3. The molecule has 0 unspecified atom stereocenters. The van der Waals surface area contributed by atoms with E-state index in [0.717, 1.165) is 22.3 Å². The summed E-state index contributed by atoms with van der Waals surface area (Å²) in [6.07, 6.45) is 5.67. The molecule has 0 atom stereocenters. The molecular weight excluding hydrogens is 350 g/mol. The van der Waals surface area contributed by atoms with Gasteiger partial charge in [0.1, 0.15) is 0 Å². The van der Waals surface area contributed by atoms with E-state index in [1.807, 2.05) is 18.2 Å². The third-order valence-electron chi connectivity index (χ3n) is 5.25. The van der Waals surface area contributed by atoms with E-state index in [1.165, 1.54) is 21.8 Å². The Bertz CT molecular complexity index is 1310. The fraction of sp³-hybridized carbons (Fsp3) is 0. The lowest BCUT2D eigenvalue weighted by atomic mass is 9.97. The van der Waals surface area contributed by atoms with E-state index in [0.29, 0.717) is 0 Å². The third kappa shape index (κ3) is 3.02. The number of para-hydroxylation sites is 2. The lowest BCUT2D eigenvalue weighted by Crippen LogP contribution is -2.11. The average Bonchev–Trinajstić information content (AvgIpc) is 2.80. The van der Waals surface area contributed by atoms with Crippen LogP contribution in [0.2, 0.25) is 0 Å². The van der Waals surface area contributed by atoms with Crippen molar-refractivity contribution in [2.24, 2.45) is 0 Å². The van der Waals surface area contributed by atoms with Crippen LogP contribution in [0.25, 0.3) is 21.5 Å². The smallest absolute Gasteiger partial charge is 0.0618 e. The molecule has 1 heteroatoms. The number of anilines is 3. The van der Waals surface area contributed by atoms with E-state index in [9.17, 15) is 0 Å². The fourth-order valence-electron chi connectivity index (χ4n) is 3.94. The predicted octanol–water partition coefficient (Wildman–Crippen LogP) is 7.44. The molecule has 0 saturated carbocycles. The third-order valence-corrected chi connectivity index (χ3v) is 5.25. The lowest BCUT2D eigenvalue weighted by Gasteiger charge is -2.28. The zero-order chi connectivity index (χ0) is 19.6. The SMILES string of the molecule is C#Cc1ccc2c(N(c3ccccc3)c3ccccc3)c3ccccc3cc2c1. The van der Waals surface area contributed by atoms with E-state index in [4.69, 9.17) is 6.42 Å². The van der Waals surface area contributed by atoms with Crippen molar-refractivity contribution < 1.29 is 0 Å². The maximum atomic E-state index is 5.67. The van der Waals surface area contributed by atoms with Crippen LogP contribution in [0, 0.1) is 12.3 Å². The van der Waals surface area contributed by atoms with Crippen LogP contribution in [0.4, 0.5) is 17.1 Å². The van der Waals surface area contributed by atoms with Crippen molar-refractivity contribution in [1.29, 1.82) is 0 Å². The first-order chi connectivity index (χ1) is 14.3. The van der Waals surface area contributed by atoms with Gasteiger partial charge in [-0.1, -0.05) is 72.7 Å². The number of benzene rings is 5. The van der Waals surface area contributed by atoms with Gasteiger partial charge in [0.15, 0.2) is 0 Å². The highest BCUT2D eigenvalue weighted by molar-refractivity contribution is 6.14. The van der Waals surface area contributed by atoms with Gasteiger partial charge in [-0.3, -0.25) is 0 Å². The van der Waals surface area contributed by atoms with Gasteiger partial charge in [-0.05, 0) is 53.2 Å². The standard InChI is InChI=1S/C28H19N/c1-2-21-17-18-27-23(19-21)20-22-11-9-10-16-26(22)28(27)29(24-12-5-3-6-13-24)25-14-7-4-8-15-25/h1,3-20H. The molecule has 0 aliphatic rings. The summed E-state index contributed by atoms with van der Waals surface area (Å²) in [7, 11) is 0. The minimum Gasteiger partial charge on any atom is -0.309 e. The summed E-state index contributed by atoms with van der Waals surface area (Å²) < 4.78 is 0. The quantitative estimate of drug-likeness (QED) is 0.236. The molecule has 0 aliphatic carbocycles. The number of terminal acetylenes is 1. The van der Waals surface area contributed by atoms with Crippen molar-refractivity contribution in [2.45, 2.75) is 0 Å². The molecule has 0 heterocycles. The van der Waals surface area contributed by atoms with Gasteiger partial charge in [-0.15, -0.1) is 6.42 Å². The average molecular weight is 369 g/mol. The van der Waals surface area contributed by atoms with Crippen molar-refractivity contribution in [1.82, 2.24) is 0 Å². The first-order valence-corrected chi connectivity index (χ1v) is 9.67. The van der Waals surface area contributed by atoms with E-state index in [1.54, 1.807) is 0 Å². The maximum Gasteiger partial charge on any atom is 0.0618 e. The number of hydrogen-bond donors (Lipinski definition) is 0. The Hall–Kier alpha value is -4.02. The molecule has 0 aromatic heterocycles. The van der Waals surface area contributed by atoms with E-state index in [2.05, 4.69) is 102 Å². The number of fused-ring (bicyclic) bond motifs is 2. The molecular formula is C28H19N. The summed E-state index contributed by atoms with van der Waals surface area (Å²) in [4.78, 5) is 2.33. The van der Waals surface area contributed by atoms with Crippen LogP contribution in [0.5, 0.6) is 0 Å². The highest BCUT2D eigenvalue weighted by atomic mass is 15.1. The second-order valence-corrected chi connectivity index (χ2v) is 7.03. The van der Waals surface area contributed by atoms with Crippen LogP contribution in [-0.2, 0) is 0 Å². The normalized spacial score (nSPS) is 10.7. The van der Waals surface area contributed by atoms with E-state index >= 15 is 0 Å². The Kier molecular flexibility index (Phi) is 4.24. The zero-order valence-corrected chi connectivity index (χ0v) is 15.9. The van der Waals surface area contributed by atoms with Gasteiger partial charge in [0.2, 0.25) is 0 Å². The van der Waals surface area contributed by atoms with Gasteiger partial charge in [-0.2, -0.15) is 0 Å². The summed E-state index contributed by atoms with van der Waals surface area (Å²) in [5.41, 5.74) is 4.30. The summed E-state index contributed by atoms with van der Waals surface area (Å²) in [6, 6.07) is 38.0. The van der Waals surface area contributed by atoms with Crippen LogP contribution in [-0.4, -0.2) is 0 Å².